The Labute approximate surface area is 156 Å². The zero-order valence-electron chi connectivity index (χ0n) is 15.1. The number of carbonyl (C=O) groups excluding carboxylic acids is 2. The van der Waals surface area contributed by atoms with Crippen LogP contribution in [0.4, 0.5) is 11.4 Å². The number of amides is 2. The van der Waals surface area contributed by atoms with Gasteiger partial charge in [0.15, 0.2) is 6.61 Å². The van der Waals surface area contributed by atoms with Crippen molar-refractivity contribution in [3.63, 3.8) is 0 Å². The van der Waals surface area contributed by atoms with E-state index in [9.17, 15) is 19.7 Å². The summed E-state index contributed by atoms with van der Waals surface area (Å²) in [6.07, 6.45) is 0. The summed E-state index contributed by atoms with van der Waals surface area (Å²) < 4.78 is 5.29. The van der Waals surface area contributed by atoms with E-state index in [-0.39, 0.29) is 30.0 Å². The van der Waals surface area contributed by atoms with Gasteiger partial charge in [0.2, 0.25) is 5.91 Å². The number of non-ortho nitro benzene ring substituents is 1. The summed E-state index contributed by atoms with van der Waals surface area (Å²) >= 11 is 0. The van der Waals surface area contributed by atoms with Gasteiger partial charge in [-0.2, -0.15) is 0 Å². The summed E-state index contributed by atoms with van der Waals surface area (Å²) in [6.45, 7) is 3.76. The normalized spacial score (nSPS) is 10.3. The molecular weight excluding hydrogens is 350 g/mol. The number of nitrogens with one attached hydrogen (secondary N) is 2. The Kier molecular flexibility index (Phi) is 6.87. The van der Waals surface area contributed by atoms with Gasteiger partial charge in [-0.3, -0.25) is 19.7 Å². The number of hydrogen-bond donors (Lipinski definition) is 2. The molecule has 0 unspecified atom stereocenters. The number of nitro groups is 1. The van der Waals surface area contributed by atoms with Crippen LogP contribution in [0.5, 0.6) is 5.75 Å². The maximum absolute atomic E-state index is 11.9. The van der Waals surface area contributed by atoms with Gasteiger partial charge in [-0.15, -0.1) is 0 Å². The smallest absolute Gasteiger partial charge is 0.269 e. The number of carbonyl (C=O) groups is 2. The Morgan fingerprint density at radius 3 is 2.26 bits per heavy atom. The van der Waals surface area contributed by atoms with E-state index in [0.29, 0.717) is 18.0 Å². The van der Waals surface area contributed by atoms with Crippen molar-refractivity contribution in [3.05, 3.63) is 64.2 Å². The lowest BCUT2D eigenvalue weighted by molar-refractivity contribution is -0.384. The minimum absolute atomic E-state index is 0.0418. The first-order valence-corrected chi connectivity index (χ1v) is 8.39. The van der Waals surface area contributed by atoms with Gasteiger partial charge in [-0.05, 0) is 29.8 Å². The van der Waals surface area contributed by atoms with Crippen LogP contribution in [0.15, 0.2) is 48.5 Å². The SMILES string of the molecule is CC(C)C(=O)Nc1ccc(CNC(=O)COc2ccc([N+](=O)[O-])cc2)cc1. The molecule has 0 spiro atoms. The van der Waals surface area contributed by atoms with Gasteiger partial charge in [0, 0.05) is 30.3 Å². The third kappa shape index (κ3) is 6.43. The number of nitrogens with zero attached hydrogens (tertiary/aromatic N) is 1. The van der Waals surface area contributed by atoms with E-state index in [2.05, 4.69) is 10.6 Å². The zero-order valence-corrected chi connectivity index (χ0v) is 15.1. The number of anilines is 1. The highest BCUT2D eigenvalue weighted by atomic mass is 16.6. The molecule has 2 rings (SSSR count). The minimum Gasteiger partial charge on any atom is -0.484 e. The molecule has 8 heteroatoms. The van der Waals surface area contributed by atoms with Gasteiger partial charge in [-0.25, -0.2) is 0 Å². The van der Waals surface area contributed by atoms with Crippen molar-refractivity contribution >= 4 is 23.2 Å². The number of rotatable bonds is 8. The van der Waals surface area contributed by atoms with Gasteiger partial charge in [-0.1, -0.05) is 26.0 Å². The molecule has 0 aliphatic carbocycles. The van der Waals surface area contributed by atoms with Crippen molar-refractivity contribution in [3.8, 4) is 5.75 Å². The Bertz CT molecular complexity index is 801. The maximum Gasteiger partial charge on any atom is 0.269 e. The van der Waals surface area contributed by atoms with Crippen molar-refractivity contribution in [1.82, 2.24) is 5.32 Å². The monoisotopic (exact) mass is 371 g/mol. The van der Waals surface area contributed by atoms with Crippen molar-refractivity contribution in [1.29, 1.82) is 0 Å². The lowest BCUT2D eigenvalue weighted by Crippen LogP contribution is -2.28. The molecule has 0 atom stereocenters. The molecule has 2 amide bonds. The van der Waals surface area contributed by atoms with Crippen LogP contribution < -0.4 is 15.4 Å². The molecule has 2 aromatic carbocycles. The fraction of sp³-hybridized carbons (Fsp3) is 0.263. The van der Waals surface area contributed by atoms with Crippen molar-refractivity contribution in [2.24, 2.45) is 5.92 Å². The molecule has 2 N–H and O–H groups in total. The number of nitro benzene ring substituents is 1. The fourth-order valence-electron chi connectivity index (χ4n) is 2.06. The molecule has 0 aliphatic heterocycles. The highest BCUT2D eigenvalue weighted by molar-refractivity contribution is 5.92. The van der Waals surface area contributed by atoms with E-state index in [1.165, 1.54) is 24.3 Å². The van der Waals surface area contributed by atoms with Crippen LogP contribution in [-0.2, 0) is 16.1 Å². The van der Waals surface area contributed by atoms with Crippen LogP contribution in [-0.4, -0.2) is 23.3 Å². The lowest BCUT2D eigenvalue weighted by atomic mass is 10.1. The van der Waals surface area contributed by atoms with Gasteiger partial charge in [0.25, 0.3) is 11.6 Å². The van der Waals surface area contributed by atoms with Crippen LogP contribution >= 0.6 is 0 Å². The second-order valence-corrected chi connectivity index (χ2v) is 6.16. The average Bonchev–Trinajstić information content (AvgIpc) is 2.66. The van der Waals surface area contributed by atoms with Crippen LogP contribution in [0.2, 0.25) is 0 Å². The predicted octanol–water partition coefficient (Wildman–Crippen LogP) is 2.88. The Balaban J connectivity index is 1.76. The van der Waals surface area contributed by atoms with Gasteiger partial charge in [0.1, 0.15) is 5.75 Å². The fourth-order valence-corrected chi connectivity index (χ4v) is 2.06. The van der Waals surface area contributed by atoms with E-state index in [0.717, 1.165) is 5.56 Å². The van der Waals surface area contributed by atoms with Gasteiger partial charge >= 0.3 is 0 Å². The van der Waals surface area contributed by atoms with Crippen molar-refractivity contribution < 1.29 is 19.2 Å². The Morgan fingerprint density at radius 1 is 1.07 bits per heavy atom. The number of hydrogen-bond acceptors (Lipinski definition) is 5. The summed E-state index contributed by atoms with van der Waals surface area (Å²) in [5.74, 6) is -0.0919. The first kappa shape index (κ1) is 19.9. The summed E-state index contributed by atoms with van der Waals surface area (Å²) in [5.41, 5.74) is 1.53. The first-order chi connectivity index (χ1) is 12.8. The molecule has 0 saturated carbocycles. The highest BCUT2D eigenvalue weighted by Gasteiger charge is 2.08. The van der Waals surface area contributed by atoms with Crippen molar-refractivity contribution in [2.75, 3.05) is 11.9 Å². The second kappa shape index (κ2) is 9.33. The molecule has 0 aromatic heterocycles. The van der Waals surface area contributed by atoms with E-state index in [1.54, 1.807) is 12.1 Å². The number of benzene rings is 2. The number of ether oxygens (including phenoxy) is 1. The van der Waals surface area contributed by atoms with Gasteiger partial charge in [0.05, 0.1) is 4.92 Å². The molecule has 27 heavy (non-hydrogen) atoms. The third-order valence-electron chi connectivity index (χ3n) is 3.65. The van der Waals surface area contributed by atoms with Crippen molar-refractivity contribution in [2.45, 2.75) is 20.4 Å². The molecule has 8 nitrogen and oxygen atoms in total. The topological polar surface area (TPSA) is 111 Å². The molecule has 142 valence electrons. The molecule has 0 bridgehead atoms. The quantitative estimate of drug-likeness (QED) is 0.547. The van der Waals surface area contributed by atoms with Gasteiger partial charge < -0.3 is 15.4 Å². The van der Waals surface area contributed by atoms with E-state index in [4.69, 9.17) is 4.74 Å². The zero-order chi connectivity index (χ0) is 19.8. The van der Waals surface area contributed by atoms with E-state index in [1.807, 2.05) is 26.0 Å². The largest absolute Gasteiger partial charge is 0.484 e. The summed E-state index contributed by atoms with van der Waals surface area (Å²) in [5, 5.41) is 16.1. The van der Waals surface area contributed by atoms with Crippen LogP contribution in [0, 0.1) is 16.0 Å². The molecule has 0 aliphatic rings. The molecule has 0 radical (unpaired) electrons. The maximum atomic E-state index is 11.9. The Hall–Kier alpha value is -3.42. The molecule has 0 saturated heterocycles. The third-order valence-corrected chi connectivity index (χ3v) is 3.65. The summed E-state index contributed by atoms with van der Waals surface area (Å²) in [4.78, 5) is 33.6. The van der Waals surface area contributed by atoms with Crippen LogP contribution in [0.1, 0.15) is 19.4 Å². The minimum atomic E-state index is -0.504. The molecule has 2 aromatic rings. The summed E-state index contributed by atoms with van der Waals surface area (Å²) in [7, 11) is 0. The first-order valence-electron chi connectivity index (χ1n) is 8.39. The lowest BCUT2D eigenvalue weighted by Gasteiger charge is -2.10. The van der Waals surface area contributed by atoms with Crippen LogP contribution in [0.3, 0.4) is 0 Å². The second-order valence-electron chi connectivity index (χ2n) is 6.16. The Morgan fingerprint density at radius 2 is 1.70 bits per heavy atom. The van der Waals surface area contributed by atoms with E-state index >= 15 is 0 Å². The predicted molar refractivity (Wildman–Crippen MR) is 100 cm³/mol. The summed E-state index contributed by atoms with van der Waals surface area (Å²) in [6, 6.07) is 12.7. The molecule has 0 heterocycles. The molecular formula is C19H21N3O5. The highest BCUT2D eigenvalue weighted by Crippen LogP contribution is 2.17. The molecule has 0 fully saturated rings. The van der Waals surface area contributed by atoms with Crippen LogP contribution in [0.25, 0.3) is 0 Å². The van der Waals surface area contributed by atoms with E-state index < -0.39 is 4.92 Å². The standard InChI is InChI=1S/C19H21N3O5/c1-13(2)19(24)21-15-5-3-14(4-6-15)11-20-18(23)12-27-17-9-7-16(8-10-17)22(25)26/h3-10,13H,11-12H2,1-2H3,(H,20,23)(H,21,24). The average molecular weight is 371 g/mol.